The van der Waals surface area contributed by atoms with Crippen molar-refractivity contribution in [2.75, 3.05) is 25.0 Å². The van der Waals surface area contributed by atoms with Gasteiger partial charge in [-0.2, -0.15) is 0 Å². The van der Waals surface area contributed by atoms with E-state index < -0.39 is 41.1 Å². The van der Waals surface area contributed by atoms with Crippen LogP contribution in [0.15, 0.2) is 12.1 Å². The molecule has 0 aromatic heterocycles. The average Bonchev–Trinajstić information content (AvgIpc) is 3.57. The van der Waals surface area contributed by atoms with Crippen LogP contribution in [-0.4, -0.2) is 66.5 Å². The fraction of sp³-hybridized carbons (Fsp3) is 0.600. The van der Waals surface area contributed by atoms with Gasteiger partial charge in [-0.3, -0.25) is 19.7 Å². The molecular weight excluding hydrogens is 474 g/mol. The van der Waals surface area contributed by atoms with Crippen molar-refractivity contribution in [3.05, 3.63) is 29.3 Å². The SMILES string of the molecule is CN(C(=O)C12CC(OC(=O)NC3CN(c4cc(F)c(C5CCC(=O)NC5=O)c(F)c4)C3)(C1)C2)C1CC1. The van der Waals surface area contributed by atoms with Crippen LogP contribution in [0.3, 0.4) is 0 Å². The predicted octanol–water partition coefficient (Wildman–Crippen LogP) is 1.94. The summed E-state index contributed by atoms with van der Waals surface area (Å²) >= 11 is 0. The highest BCUT2D eigenvalue weighted by Crippen LogP contribution is 2.70. The van der Waals surface area contributed by atoms with Crippen LogP contribution in [0, 0.1) is 17.0 Å². The summed E-state index contributed by atoms with van der Waals surface area (Å²) in [5, 5.41) is 4.91. The Bertz CT molecular complexity index is 1140. The first-order valence-electron chi connectivity index (χ1n) is 12.4. The molecule has 0 spiro atoms. The minimum Gasteiger partial charge on any atom is -0.443 e. The first-order chi connectivity index (χ1) is 17.1. The smallest absolute Gasteiger partial charge is 0.408 e. The number of alkyl carbamates (subject to hydrolysis) is 1. The van der Waals surface area contributed by atoms with Gasteiger partial charge in [0, 0.05) is 63.1 Å². The molecule has 192 valence electrons. The standard InChI is InChI=1S/C25H28F2N4O5/c1-30(14-2-3-14)22(34)24-10-25(11-24,12-24)36-23(35)28-13-8-31(9-13)15-6-17(26)20(18(27)7-15)16-4-5-19(32)29-21(16)33/h6-7,13-14,16H,2-5,8-12H2,1H3,(H,28,35)(H,29,32,33). The van der Waals surface area contributed by atoms with Crippen LogP contribution in [0.5, 0.6) is 0 Å². The van der Waals surface area contributed by atoms with Crippen LogP contribution in [0.1, 0.15) is 56.4 Å². The van der Waals surface area contributed by atoms with Crippen LogP contribution >= 0.6 is 0 Å². The summed E-state index contributed by atoms with van der Waals surface area (Å²) in [7, 11) is 1.85. The second kappa shape index (κ2) is 7.88. The summed E-state index contributed by atoms with van der Waals surface area (Å²) < 4.78 is 35.2. The lowest BCUT2D eigenvalue weighted by atomic mass is 9.40. The second-order valence-corrected chi connectivity index (χ2v) is 11.1. The minimum atomic E-state index is -1.04. The Balaban J connectivity index is 0.990. The highest BCUT2D eigenvalue weighted by atomic mass is 19.1. The van der Waals surface area contributed by atoms with E-state index in [1.54, 1.807) is 4.90 Å². The molecule has 2 aliphatic heterocycles. The van der Waals surface area contributed by atoms with Gasteiger partial charge in [0.1, 0.15) is 17.2 Å². The van der Waals surface area contributed by atoms with E-state index in [0.717, 1.165) is 12.8 Å². The van der Waals surface area contributed by atoms with Gasteiger partial charge in [0.2, 0.25) is 17.7 Å². The Hall–Kier alpha value is -3.24. The van der Waals surface area contributed by atoms with Crippen molar-refractivity contribution in [1.82, 2.24) is 15.5 Å². The number of imide groups is 1. The van der Waals surface area contributed by atoms with Crippen molar-refractivity contribution in [2.24, 2.45) is 5.41 Å². The minimum absolute atomic E-state index is 0.0305. The maximum Gasteiger partial charge on any atom is 0.408 e. The van der Waals surface area contributed by atoms with Gasteiger partial charge < -0.3 is 19.9 Å². The van der Waals surface area contributed by atoms with E-state index in [1.165, 1.54) is 12.1 Å². The average molecular weight is 503 g/mol. The number of piperidine rings is 1. The molecule has 2 bridgehead atoms. The van der Waals surface area contributed by atoms with Crippen molar-refractivity contribution >= 4 is 29.5 Å². The van der Waals surface area contributed by atoms with Gasteiger partial charge in [-0.05, 0) is 31.4 Å². The van der Waals surface area contributed by atoms with Crippen molar-refractivity contribution in [2.45, 2.75) is 68.5 Å². The fourth-order valence-electron chi connectivity index (χ4n) is 6.26. The molecule has 2 heterocycles. The number of ether oxygens (including phenoxy) is 1. The molecule has 36 heavy (non-hydrogen) atoms. The summed E-state index contributed by atoms with van der Waals surface area (Å²) in [6, 6.07) is 2.48. The van der Waals surface area contributed by atoms with Gasteiger partial charge in [-0.1, -0.05) is 0 Å². The number of carbonyl (C=O) groups excluding carboxylic acids is 4. The van der Waals surface area contributed by atoms with Gasteiger partial charge in [0.25, 0.3) is 0 Å². The van der Waals surface area contributed by atoms with Crippen molar-refractivity contribution in [3.63, 3.8) is 0 Å². The summed E-state index contributed by atoms with van der Waals surface area (Å²) in [5.74, 6) is -3.71. The lowest BCUT2D eigenvalue weighted by Crippen LogP contribution is -2.74. The third-order valence-electron chi connectivity index (χ3n) is 8.38. The topological polar surface area (TPSA) is 108 Å². The molecule has 4 saturated carbocycles. The Morgan fingerprint density at radius 1 is 1.11 bits per heavy atom. The molecule has 1 unspecified atom stereocenters. The van der Waals surface area contributed by atoms with Gasteiger partial charge >= 0.3 is 6.09 Å². The zero-order valence-corrected chi connectivity index (χ0v) is 19.9. The number of carbonyl (C=O) groups is 4. The summed E-state index contributed by atoms with van der Waals surface area (Å²) in [4.78, 5) is 52.0. The normalized spacial score (nSPS) is 31.0. The Morgan fingerprint density at radius 2 is 1.75 bits per heavy atom. The molecule has 6 aliphatic rings. The van der Waals surface area contributed by atoms with Crippen LogP contribution in [0.4, 0.5) is 19.3 Å². The largest absolute Gasteiger partial charge is 0.443 e. The molecule has 1 atom stereocenters. The van der Waals surface area contributed by atoms with Gasteiger partial charge in [0.05, 0.1) is 17.4 Å². The Labute approximate surface area is 206 Å². The molecule has 2 N–H and O–H groups in total. The maximum absolute atomic E-state index is 14.8. The highest BCUT2D eigenvalue weighted by Gasteiger charge is 2.75. The van der Waals surface area contributed by atoms with Gasteiger partial charge in [-0.15, -0.1) is 0 Å². The number of nitrogens with zero attached hydrogens (tertiary/aromatic N) is 2. The third-order valence-corrected chi connectivity index (χ3v) is 8.38. The number of hydrogen-bond donors (Lipinski definition) is 2. The van der Waals surface area contributed by atoms with E-state index in [-0.39, 0.29) is 35.8 Å². The van der Waals surface area contributed by atoms with Crippen LogP contribution < -0.4 is 15.5 Å². The number of benzene rings is 1. The maximum atomic E-state index is 14.8. The highest BCUT2D eigenvalue weighted by molar-refractivity contribution is 6.01. The van der Waals surface area contributed by atoms with Gasteiger partial charge in [0.15, 0.2) is 0 Å². The molecular formula is C25H28F2N4O5. The van der Waals surface area contributed by atoms with Crippen LogP contribution in [0.25, 0.3) is 0 Å². The van der Waals surface area contributed by atoms with Crippen molar-refractivity contribution < 1.29 is 32.7 Å². The van der Waals surface area contributed by atoms with Gasteiger partial charge in [-0.25, -0.2) is 13.6 Å². The summed E-state index contributed by atoms with van der Waals surface area (Å²) in [6.07, 6.45) is 3.37. The molecule has 7 rings (SSSR count). The zero-order valence-electron chi connectivity index (χ0n) is 19.9. The van der Waals surface area contributed by atoms with E-state index >= 15 is 0 Å². The van der Waals surface area contributed by atoms with Crippen LogP contribution in [-0.2, 0) is 19.1 Å². The number of nitrogens with one attached hydrogen (secondary N) is 2. The number of halogens is 2. The predicted molar refractivity (Wildman–Crippen MR) is 122 cm³/mol. The molecule has 0 radical (unpaired) electrons. The van der Waals surface area contributed by atoms with E-state index in [2.05, 4.69) is 10.6 Å². The summed E-state index contributed by atoms with van der Waals surface area (Å²) in [6.45, 7) is 0.709. The molecule has 4 amide bonds. The first kappa shape index (κ1) is 23.2. The third kappa shape index (κ3) is 3.70. The molecule has 11 heteroatoms. The number of amides is 4. The number of hydrogen-bond acceptors (Lipinski definition) is 6. The van der Waals surface area contributed by atoms with E-state index in [0.29, 0.717) is 44.1 Å². The fourth-order valence-corrected chi connectivity index (χ4v) is 6.26. The Morgan fingerprint density at radius 3 is 2.33 bits per heavy atom. The summed E-state index contributed by atoms with van der Waals surface area (Å²) in [5.41, 5.74) is -0.933. The lowest BCUT2D eigenvalue weighted by Gasteiger charge is -2.67. The molecule has 1 aromatic rings. The number of rotatable bonds is 6. The van der Waals surface area contributed by atoms with E-state index in [4.69, 9.17) is 4.74 Å². The zero-order chi connectivity index (χ0) is 25.4. The van der Waals surface area contributed by atoms with Crippen LogP contribution in [0.2, 0.25) is 0 Å². The van der Waals surface area contributed by atoms with E-state index in [1.807, 2.05) is 11.9 Å². The van der Waals surface area contributed by atoms with E-state index in [9.17, 15) is 28.0 Å². The Kier molecular flexibility index (Phi) is 5.07. The quantitative estimate of drug-likeness (QED) is 0.576. The molecule has 9 nitrogen and oxygen atoms in total. The monoisotopic (exact) mass is 502 g/mol. The molecule has 6 fully saturated rings. The van der Waals surface area contributed by atoms with Crippen molar-refractivity contribution in [3.8, 4) is 0 Å². The number of anilines is 1. The molecule has 2 saturated heterocycles. The molecule has 1 aromatic carbocycles. The van der Waals surface area contributed by atoms with Crippen molar-refractivity contribution in [1.29, 1.82) is 0 Å². The first-order valence-corrected chi connectivity index (χ1v) is 12.4. The molecule has 4 aliphatic carbocycles. The lowest BCUT2D eigenvalue weighted by molar-refractivity contribution is -0.253. The second-order valence-electron chi connectivity index (χ2n) is 11.1.